The van der Waals surface area contributed by atoms with Gasteiger partial charge in [0.1, 0.15) is 12.9 Å². The van der Waals surface area contributed by atoms with Crippen molar-refractivity contribution in [3.63, 3.8) is 0 Å². The molecule has 2 heterocycles. The van der Waals surface area contributed by atoms with E-state index in [1.807, 2.05) is 35.6 Å². The molecule has 0 aliphatic rings. The molecule has 2 rings (SSSR count). The molecule has 0 saturated heterocycles. The van der Waals surface area contributed by atoms with E-state index < -0.39 is 0 Å². The van der Waals surface area contributed by atoms with Crippen molar-refractivity contribution < 1.29 is 0 Å². The topological polar surface area (TPSA) is 48.5 Å². The van der Waals surface area contributed by atoms with Gasteiger partial charge in [0.15, 0.2) is 5.82 Å². The second-order valence-corrected chi connectivity index (χ2v) is 3.07. The van der Waals surface area contributed by atoms with Gasteiger partial charge in [-0.25, -0.2) is 0 Å². The van der Waals surface area contributed by atoms with Gasteiger partial charge in [-0.1, -0.05) is 0 Å². The molecule has 13 heavy (non-hydrogen) atoms. The van der Waals surface area contributed by atoms with Crippen LogP contribution in [0.1, 0.15) is 11.4 Å². The molecule has 68 valence electrons. The van der Waals surface area contributed by atoms with Gasteiger partial charge in [-0.15, -0.1) is 10.2 Å². The molecule has 0 saturated carbocycles. The molecule has 0 radical (unpaired) electrons. The first-order valence-corrected chi connectivity index (χ1v) is 4.07. The summed E-state index contributed by atoms with van der Waals surface area (Å²) in [6.45, 7) is 2.69. The van der Waals surface area contributed by atoms with E-state index in [1.165, 1.54) is 0 Å². The van der Waals surface area contributed by atoms with Gasteiger partial charge in [-0.05, 0) is 12.5 Å². The lowest BCUT2D eigenvalue weighted by atomic mass is 10.4. The molecule has 5 nitrogen and oxygen atoms in total. The van der Waals surface area contributed by atoms with Crippen molar-refractivity contribution in [2.75, 3.05) is 0 Å². The van der Waals surface area contributed by atoms with E-state index in [-0.39, 0.29) is 0 Å². The minimum atomic E-state index is 0.671. The molecule has 0 aliphatic carbocycles. The number of rotatable bonds is 2. The summed E-state index contributed by atoms with van der Waals surface area (Å²) in [6, 6.07) is 0. The van der Waals surface area contributed by atoms with Crippen LogP contribution in [0.15, 0.2) is 18.7 Å². The van der Waals surface area contributed by atoms with Crippen LogP contribution in [0.5, 0.6) is 0 Å². The predicted molar refractivity (Wildman–Crippen MR) is 47.1 cm³/mol. The van der Waals surface area contributed by atoms with Crippen molar-refractivity contribution in [2.24, 2.45) is 7.05 Å². The standard InChI is InChI=1S/C8H11N5/c1-7-3-10-13(4-7)5-8-11-9-6-12(8)2/h3-4,6H,5H2,1-2H3. The van der Waals surface area contributed by atoms with Gasteiger partial charge in [-0.3, -0.25) is 4.68 Å². The monoisotopic (exact) mass is 177 g/mol. The van der Waals surface area contributed by atoms with E-state index in [1.54, 1.807) is 6.33 Å². The fourth-order valence-electron chi connectivity index (χ4n) is 1.15. The summed E-state index contributed by atoms with van der Waals surface area (Å²) in [6.07, 6.45) is 5.50. The van der Waals surface area contributed by atoms with Crippen LogP contribution in [0.3, 0.4) is 0 Å². The highest BCUT2D eigenvalue weighted by Gasteiger charge is 2.01. The van der Waals surface area contributed by atoms with Crippen LogP contribution in [0.2, 0.25) is 0 Å². The van der Waals surface area contributed by atoms with Crippen molar-refractivity contribution in [2.45, 2.75) is 13.5 Å². The lowest BCUT2D eigenvalue weighted by Crippen LogP contribution is -2.05. The molecular formula is C8H11N5. The fourth-order valence-corrected chi connectivity index (χ4v) is 1.15. The SMILES string of the molecule is Cc1cnn(Cc2nncn2C)c1. The number of aromatic nitrogens is 5. The van der Waals surface area contributed by atoms with Crippen molar-refractivity contribution in [3.8, 4) is 0 Å². The third-order valence-corrected chi connectivity index (χ3v) is 1.87. The maximum Gasteiger partial charge on any atom is 0.154 e. The van der Waals surface area contributed by atoms with E-state index in [2.05, 4.69) is 15.3 Å². The zero-order valence-electron chi connectivity index (χ0n) is 7.68. The molecule has 0 unspecified atom stereocenters. The molecule has 0 aliphatic heterocycles. The first-order chi connectivity index (χ1) is 6.25. The molecule has 0 bridgehead atoms. The van der Waals surface area contributed by atoms with Crippen molar-refractivity contribution in [1.29, 1.82) is 0 Å². The summed E-state index contributed by atoms with van der Waals surface area (Å²) in [5.74, 6) is 0.906. The molecule has 0 spiro atoms. The molecule has 2 aromatic rings. The van der Waals surface area contributed by atoms with Crippen LogP contribution in [0, 0.1) is 6.92 Å². The normalized spacial score (nSPS) is 10.6. The minimum Gasteiger partial charge on any atom is -0.319 e. The summed E-state index contributed by atoms with van der Waals surface area (Å²) >= 11 is 0. The summed E-state index contributed by atoms with van der Waals surface area (Å²) in [4.78, 5) is 0. The lowest BCUT2D eigenvalue weighted by molar-refractivity contribution is 0.630. The Morgan fingerprint density at radius 2 is 2.31 bits per heavy atom. The summed E-state index contributed by atoms with van der Waals surface area (Å²) < 4.78 is 3.73. The van der Waals surface area contributed by atoms with Gasteiger partial charge in [0.05, 0.1) is 6.20 Å². The Kier molecular flexibility index (Phi) is 1.84. The number of hydrogen-bond donors (Lipinski definition) is 0. The average molecular weight is 177 g/mol. The molecular weight excluding hydrogens is 166 g/mol. The zero-order chi connectivity index (χ0) is 9.26. The van der Waals surface area contributed by atoms with Crippen LogP contribution in [-0.4, -0.2) is 24.5 Å². The third kappa shape index (κ3) is 1.58. The first kappa shape index (κ1) is 7.97. The predicted octanol–water partition coefficient (Wildman–Crippen LogP) is 0.368. The summed E-state index contributed by atoms with van der Waals surface area (Å²) in [7, 11) is 1.92. The van der Waals surface area contributed by atoms with Crippen LogP contribution < -0.4 is 0 Å². The Balaban J connectivity index is 2.19. The van der Waals surface area contributed by atoms with Crippen molar-refractivity contribution in [3.05, 3.63) is 30.1 Å². The van der Waals surface area contributed by atoms with Crippen LogP contribution in [0.4, 0.5) is 0 Å². The molecule has 0 aromatic carbocycles. The van der Waals surface area contributed by atoms with E-state index >= 15 is 0 Å². The van der Waals surface area contributed by atoms with Gasteiger partial charge in [0, 0.05) is 13.2 Å². The summed E-state index contributed by atoms with van der Waals surface area (Å²) in [5.41, 5.74) is 1.15. The average Bonchev–Trinajstić information content (AvgIpc) is 2.64. The highest BCUT2D eigenvalue weighted by Crippen LogP contribution is 1.98. The van der Waals surface area contributed by atoms with E-state index in [0.29, 0.717) is 6.54 Å². The van der Waals surface area contributed by atoms with Crippen molar-refractivity contribution >= 4 is 0 Å². The quantitative estimate of drug-likeness (QED) is 0.665. The van der Waals surface area contributed by atoms with E-state index in [4.69, 9.17) is 0 Å². The van der Waals surface area contributed by atoms with Gasteiger partial charge in [0.2, 0.25) is 0 Å². The van der Waals surface area contributed by atoms with Gasteiger partial charge < -0.3 is 4.57 Å². The van der Waals surface area contributed by atoms with Gasteiger partial charge >= 0.3 is 0 Å². The van der Waals surface area contributed by atoms with Crippen molar-refractivity contribution in [1.82, 2.24) is 24.5 Å². The third-order valence-electron chi connectivity index (χ3n) is 1.87. The Morgan fingerprint density at radius 3 is 2.85 bits per heavy atom. The van der Waals surface area contributed by atoms with Crippen LogP contribution >= 0.6 is 0 Å². The number of hydrogen-bond acceptors (Lipinski definition) is 3. The largest absolute Gasteiger partial charge is 0.319 e. The maximum absolute atomic E-state index is 4.17. The number of nitrogens with zero attached hydrogens (tertiary/aromatic N) is 5. The van der Waals surface area contributed by atoms with Crippen LogP contribution in [0.25, 0.3) is 0 Å². The number of aryl methyl sites for hydroxylation is 2. The highest BCUT2D eigenvalue weighted by atomic mass is 15.3. The lowest BCUT2D eigenvalue weighted by Gasteiger charge is -1.99. The van der Waals surface area contributed by atoms with Crippen LogP contribution in [-0.2, 0) is 13.6 Å². The van der Waals surface area contributed by atoms with Gasteiger partial charge in [-0.2, -0.15) is 5.10 Å². The Hall–Kier alpha value is -1.65. The second-order valence-electron chi connectivity index (χ2n) is 3.07. The van der Waals surface area contributed by atoms with Gasteiger partial charge in [0.25, 0.3) is 0 Å². The fraction of sp³-hybridized carbons (Fsp3) is 0.375. The first-order valence-electron chi connectivity index (χ1n) is 4.07. The molecule has 0 N–H and O–H groups in total. The summed E-state index contributed by atoms with van der Waals surface area (Å²) in [5, 5.41) is 11.9. The van der Waals surface area contributed by atoms with E-state index in [0.717, 1.165) is 11.4 Å². The Morgan fingerprint density at radius 1 is 1.46 bits per heavy atom. The van der Waals surface area contributed by atoms with E-state index in [9.17, 15) is 0 Å². The highest BCUT2D eigenvalue weighted by molar-refractivity contribution is 5.00. The second kappa shape index (κ2) is 3.01. The molecule has 5 heteroatoms. The minimum absolute atomic E-state index is 0.671. The Labute approximate surface area is 76.0 Å². The molecule has 0 amide bonds. The maximum atomic E-state index is 4.17. The Bertz CT molecular complexity index is 400. The zero-order valence-corrected chi connectivity index (χ0v) is 7.68. The molecule has 0 atom stereocenters. The molecule has 2 aromatic heterocycles. The smallest absolute Gasteiger partial charge is 0.154 e. The molecule has 0 fully saturated rings.